The third-order valence-electron chi connectivity index (χ3n) is 2.84. The van der Waals surface area contributed by atoms with Crippen LogP contribution in [0.15, 0.2) is 18.2 Å². The van der Waals surface area contributed by atoms with Crippen molar-refractivity contribution in [3.05, 3.63) is 46.8 Å². The molecule has 23 heavy (non-hydrogen) atoms. The molecule has 0 fully saturated rings. The zero-order chi connectivity index (χ0) is 17.2. The summed E-state index contributed by atoms with van der Waals surface area (Å²) in [6.07, 6.45) is -5.01. The first-order valence-corrected chi connectivity index (χ1v) is 6.36. The van der Waals surface area contributed by atoms with Gasteiger partial charge in [-0.25, -0.2) is 18.3 Å². The van der Waals surface area contributed by atoms with Gasteiger partial charge in [0.25, 0.3) is 0 Å². The van der Waals surface area contributed by atoms with E-state index >= 15 is 0 Å². The van der Waals surface area contributed by atoms with Gasteiger partial charge in [0.15, 0.2) is 5.69 Å². The molecule has 0 aliphatic rings. The van der Waals surface area contributed by atoms with Crippen LogP contribution in [0.2, 0.25) is 0 Å². The minimum Gasteiger partial charge on any atom is -0.461 e. The second-order valence-electron chi connectivity index (χ2n) is 4.36. The highest BCUT2D eigenvalue weighted by atomic mass is 19.4. The molecule has 0 radical (unpaired) electrons. The van der Waals surface area contributed by atoms with Crippen molar-refractivity contribution in [2.24, 2.45) is 0 Å². The van der Waals surface area contributed by atoms with Crippen molar-refractivity contribution < 1.29 is 31.5 Å². The second-order valence-corrected chi connectivity index (χ2v) is 4.36. The van der Waals surface area contributed by atoms with Gasteiger partial charge in [0.1, 0.15) is 11.6 Å². The van der Waals surface area contributed by atoms with Crippen LogP contribution in [0.5, 0.6) is 0 Å². The van der Waals surface area contributed by atoms with Gasteiger partial charge in [0.2, 0.25) is 5.69 Å². The van der Waals surface area contributed by atoms with Crippen molar-refractivity contribution in [2.75, 3.05) is 6.61 Å². The molecule has 1 aromatic heterocycles. The Labute approximate surface area is 126 Å². The van der Waals surface area contributed by atoms with E-state index in [4.69, 9.17) is 0 Å². The summed E-state index contributed by atoms with van der Waals surface area (Å²) in [5, 5.41) is 6.31. The average Bonchev–Trinajstić information content (AvgIpc) is 2.87. The summed E-state index contributed by atoms with van der Waals surface area (Å²) >= 11 is 0. The fraction of sp³-hybridized carbons (Fsp3) is 0.308. The van der Waals surface area contributed by atoms with Crippen LogP contribution >= 0.6 is 0 Å². The van der Waals surface area contributed by atoms with E-state index < -0.39 is 47.3 Å². The molecule has 0 bridgehead atoms. The van der Waals surface area contributed by atoms with E-state index in [0.29, 0.717) is 0 Å². The molecule has 1 heterocycles. The van der Waals surface area contributed by atoms with Crippen molar-refractivity contribution in [1.29, 1.82) is 0 Å². The molecule has 0 aliphatic carbocycles. The number of aromatic nitrogens is 3. The molecule has 0 unspecified atom stereocenters. The fourth-order valence-electron chi connectivity index (χ4n) is 1.87. The largest absolute Gasteiger partial charge is 0.461 e. The number of hydrogen-bond acceptors (Lipinski definition) is 4. The second kappa shape index (κ2) is 6.31. The van der Waals surface area contributed by atoms with Crippen LogP contribution in [-0.2, 0) is 17.5 Å². The topological polar surface area (TPSA) is 57.0 Å². The fourth-order valence-corrected chi connectivity index (χ4v) is 1.87. The van der Waals surface area contributed by atoms with Crippen molar-refractivity contribution in [1.82, 2.24) is 15.0 Å². The third-order valence-corrected chi connectivity index (χ3v) is 2.84. The van der Waals surface area contributed by atoms with Crippen LogP contribution in [0, 0.1) is 11.6 Å². The molecule has 10 heteroatoms. The van der Waals surface area contributed by atoms with Gasteiger partial charge in [-0.3, -0.25) is 0 Å². The molecule has 0 N–H and O–H groups in total. The van der Waals surface area contributed by atoms with E-state index in [1.165, 1.54) is 6.92 Å². The SMILES string of the molecule is CCOC(=O)c1nnn(Cc2c(F)cccc2F)c1C(F)(F)F. The molecular formula is C13H10F5N3O2. The highest BCUT2D eigenvalue weighted by Crippen LogP contribution is 2.32. The van der Waals surface area contributed by atoms with Crippen LogP contribution in [0.3, 0.4) is 0 Å². The number of rotatable bonds is 4. The van der Waals surface area contributed by atoms with Gasteiger partial charge < -0.3 is 4.74 Å². The number of nitrogens with zero attached hydrogens (tertiary/aromatic N) is 3. The molecule has 0 saturated heterocycles. The number of benzene rings is 1. The third kappa shape index (κ3) is 3.46. The van der Waals surface area contributed by atoms with Crippen LogP contribution in [0.4, 0.5) is 22.0 Å². The summed E-state index contributed by atoms with van der Waals surface area (Å²) in [6.45, 7) is 0.370. The Morgan fingerprint density at radius 3 is 2.39 bits per heavy atom. The first kappa shape index (κ1) is 16.8. The Morgan fingerprint density at radius 2 is 1.87 bits per heavy atom. The first-order chi connectivity index (χ1) is 10.8. The maximum absolute atomic E-state index is 13.6. The summed E-state index contributed by atoms with van der Waals surface area (Å²) in [4.78, 5) is 11.5. The van der Waals surface area contributed by atoms with Crippen molar-refractivity contribution in [3.63, 3.8) is 0 Å². The van der Waals surface area contributed by atoms with Gasteiger partial charge in [-0.15, -0.1) is 5.10 Å². The summed E-state index contributed by atoms with van der Waals surface area (Å²) in [5.41, 5.74) is -3.21. The van der Waals surface area contributed by atoms with Crippen molar-refractivity contribution in [3.8, 4) is 0 Å². The standard InChI is InChI=1S/C13H10F5N3O2/c1-2-23-12(22)10-11(13(16,17)18)21(20-19-10)6-7-8(14)4-3-5-9(7)15/h3-5H,2,6H2,1H3. The summed E-state index contributed by atoms with van der Waals surface area (Å²) < 4.78 is 71.3. The summed E-state index contributed by atoms with van der Waals surface area (Å²) in [7, 11) is 0. The number of halogens is 5. The lowest BCUT2D eigenvalue weighted by Gasteiger charge is -2.11. The van der Waals surface area contributed by atoms with Gasteiger partial charge in [0.05, 0.1) is 13.2 Å². The van der Waals surface area contributed by atoms with Crippen LogP contribution < -0.4 is 0 Å². The Kier molecular flexibility index (Phi) is 4.62. The molecule has 1 aromatic carbocycles. The number of esters is 1. The van der Waals surface area contributed by atoms with E-state index in [9.17, 15) is 26.7 Å². The van der Waals surface area contributed by atoms with Gasteiger partial charge in [-0.2, -0.15) is 13.2 Å². The van der Waals surface area contributed by atoms with Gasteiger partial charge in [0, 0.05) is 5.56 Å². The summed E-state index contributed by atoms with van der Waals surface area (Å²) in [5.74, 6) is -3.39. The smallest absolute Gasteiger partial charge is 0.435 e. The van der Waals surface area contributed by atoms with Gasteiger partial charge in [-0.1, -0.05) is 11.3 Å². The molecule has 5 nitrogen and oxygen atoms in total. The number of alkyl halides is 3. The molecular weight excluding hydrogens is 325 g/mol. The van der Waals surface area contributed by atoms with Crippen LogP contribution in [0.1, 0.15) is 28.7 Å². The molecule has 0 spiro atoms. The first-order valence-electron chi connectivity index (χ1n) is 6.36. The van der Waals surface area contributed by atoms with Crippen LogP contribution in [0.25, 0.3) is 0 Å². The van der Waals surface area contributed by atoms with E-state index in [-0.39, 0.29) is 11.3 Å². The zero-order valence-corrected chi connectivity index (χ0v) is 11.7. The minimum absolute atomic E-state index is 0.162. The quantitative estimate of drug-likeness (QED) is 0.637. The van der Waals surface area contributed by atoms with Crippen molar-refractivity contribution in [2.45, 2.75) is 19.6 Å². The van der Waals surface area contributed by atoms with E-state index in [2.05, 4.69) is 15.0 Å². The lowest BCUT2D eigenvalue weighted by atomic mass is 10.2. The Balaban J connectivity index is 2.49. The normalized spacial score (nSPS) is 11.6. The number of ether oxygens (including phenoxy) is 1. The minimum atomic E-state index is -5.01. The van der Waals surface area contributed by atoms with E-state index in [0.717, 1.165) is 18.2 Å². The highest BCUT2D eigenvalue weighted by molar-refractivity contribution is 5.88. The predicted octanol–water partition coefficient (Wildman–Crippen LogP) is 2.80. The maximum atomic E-state index is 13.6. The van der Waals surface area contributed by atoms with Crippen molar-refractivity contribution >= 4 is 5.97 Å². The Morgan fingerprint density at radius 1 is 1.26 bits per heavy atom. The molecule has 0 amide bonds. The lowest BCUT2D eigenvalue weighted by molar-refractivity contribution is -0.144. The van der Waals surface area contributed by atoms with E-state index in [1.807, 2.05) is 0 Å². The molecule has 2 rings (SSSR count). The van der Waals surface area contributed by atoms with E-state index in [1.54, 1.807) is 0 Å². The van der Waals surface area contributed by atoms with Crippen LogP contribution in [-0.4, -0.2) is 27.6 Å². The summed E-state index contributed by atoms with van der Waals surface area (Å²) in [6, 6.07) is 2.87. The lowest BCUT2D eigenvalue weighted by Crippen LogP contribution is -2.20. The monoisotopic (exact) mass is 335 g/mol. The average molecular weight is 335 g/mol. The molecule has 0 atom stereocenters. The highest BCUT2D eigenvalue weighted by Gasteiger charge is 2.42. The number of carbonyl (C=O) groups is 1. The zero-order valence-electron chi connectivity index (χ0n) is 11.7. The molecule has 0 saturated carbocycles. The molecule has 124 valence electrons. The van der Waals surface area contributed by atoms with Gasteiger partial charge in [-0.05, 0) is 19.1 Å². The molecule has 0 aliphatic heterocycles. The Hall–Kier alpha value is -2.52. The number of hydrogen-bond donors (Lipinski definition) is 0. The number of carbonyl (C=O) groups excluding carboxylic acids is 1. The maximum Gasteiger partial charge on any atom is 0.435 e. The Bertz CT molecular complexity index is 707. The van der Waals surface area contributed by atoms with Gasteiger partial charge >= 0.3 is 12.1 Å². The molecule has 2 aromatic rings. The predicted molar refractivity (Wildman–Crippen MR) is 66.4 cm³/mol.